The van der Waals surface area contributed by atoms with E-state index in [1.807, 2.05) is 0 Å². The Morgan fingerprint density at radius 3 is 2.60 bits per heavy atom. The summed E-state index contributed by atoms with van der Waals surface area (Å²) >= 11 is 5.97. The maximum Gasteiger partial charge on any atom is 0.337 e. The molecule has 0 aliphatic heterocycles. The summed E-state index contributed by atoms with van der Waals surface area (Å²) in [6, 6.07) is 9.35. The van der Waals surface area contributed by atoms with Crippen molar-refractivity contribution < 1.29 is 19.8 Å². The zero-order valence-corrected chi connectivity index (χ0v) is 13.4. The summed E-state index contributed by atoms with van der Waals surface area (Å²) in [5.41, 5.74) is 0.790. The van der Waals surface area contributed by atoms with E-state index in [0.29, 0.717) is 10.7 Å². The molecule has 0 radical (unpaired) electrons. The number of hydrogen-bond donors (Lipinski definition) is 2. The molecule has 0 saturated carbocycles. The first-order valence-corrected chi connectivity index (χ1v) is 7.46. The molecule has 126 valence electrons. The molecule has 9 heteroatoms. The third kappa shape index (κ3) is 3.48. The third-order valence-corrected chi connectivity index (χ3v) is 3.56. The number of pyridine rings is 1. The monoisotopic (exact) mass is 358 g/mol. The second-order valence-electron chi connectivity index (χ2n) is 5.05. The van der Waals surface area contributed by atoms with Crippen LogP contribution in [0.15, 0.2) is 52.8 Å². The van der Waals surface area contributed by atoms with Crippen LogP contribution < -0.4 is 0 Å². The SMILES string of the molecule is O=C(O)Cc1nc2ccc(Cl)cn2c1N=Nc1ccccc1C(=O)O. The minimum absolute atomic E-state index is 0.0158. The van der Waals surface area contributed by atoms with Crippen LogP contribution >= 0.6 is 11.6 Å². The van der Waals surface area contributed by atoms with Crippen molar-refractivity contribution >= 4 is 40.7 Å². The first-order chi connectivity index (χ1) is 12.0. The Balaban J connectivity index is 2.12. The molecular formula is C16H11ClN4O4. The third-order valence-electron chi connectivity index (χ3n) is 3.33. The summed E-state index contributed by atoms with van der Waals surface area (Å²) in [5.74, 6) is -2.03. The lowest BCUT2D eigenvalue weighted by Crippen LogP contribution is -2.00. The van der Waals surface area contributed by atoms with Crippen LogP contribution in [0.3, 0.4) is 0 Å². The highest BCUT2D eigenvalue weighted by atomic mass is 35.5. The van der Waals surface area contributed by atoms with Crippen LogP contribution in [0, 0.1) is 0 Å². The number of carbonyl (C=O) groups is 2. The normalized spacial score (nSPS) is 11.2. The van der Waals surface area contributed by atoms with E-state index in [1.165, 1.54) is 22.7 Å². The highest BCUT2D eigenvalue weighted by Crippen LogP contribution is 2.27. The summed E-state index contributed by atoms with van der Waals surface area (Å²) in [6.07, 6.45) is 1.18. The molecule has 0 aliphatic rings. The maximum atomic E-state index is 11.2. The number of benzene rings is 1. The fourth-order valence-electron chi connectivity index (χ4n) is 2.27. The van der Waals surface area contributed by atoms with Gasteiger partial charge in [0.2, 0.25) is 0 Å². The number of aromatic nitrogens is 2. The minimum Gasteiger partial charge on any atom is -0.481 e. The summed E-state index contributed by atoms with van der Waals surface area (Å²) < 4.78 is 1.51. The van der Waals surface area contributed by atoms with Crippen LogP contribution in [-0.4, -0.2) is 31.5 Å². The van der Waals surface area contributed by atoms with E-state index in [2.05, 4.69) is 15.2 Å². The van der Waals surface area contributed by atoms with Crippen molar-refractivity contribution in [3.05, 3.63) is 58.9 Å². The van der Waals surface area contributed by atoms with Gasteiger partial charge < -0.3 is 10.2 Å². The van der Waals surface area contributed by atoms with Crippen molar-refractivity contribution in [2.45, 2.75) is 6.42 Å². The predicted molar refractivity (Wildman–Crippen MR) is 89.1 cm³/mol. The van der Waals surface area contributed by atoms with Gasteiger partial charge in [-0.25, -0.2) is 9.78 Å². The summed E-state index contributed by atoms with van der Waals surface area (Å²) in [5, 5.41) is 26.7. The number of fused-ring (bicyclic) bond motifs is 1. The zero-order valence-electron chi connectivity index (χ0n) is 12.6. The van der Waals surface area contributed by atoms with Gasteiger partial charge in [0, 0.05) is 6.20 Å². The number of azo groups is 1. The molecule has 1 aromatic carbocycles. The van der Waals surface area contributed by atoms with Gasteiger partial charge in [-0.3, -0.25) is 9.20 Å². The van der Waals surface area contributed by atoms with Gasteiger partial charge in [-0.1, -0.05) is 23.7 Å². The highest BCUT2D eigenvalue weighted by Gasteiger charge is 2.16. The van der Waals surface area contributed by atoms with E-state index in [0.717, 1.165) is 0 Å². The molecule has 2 N–H and O–H groups in total. The fourth-order valence-corrected chi connectivity index (χ4v) is 2.43. The Labute approximate surface area is 146 Å². The summed E-state index contributed by atoms with van der Waals surface area (Å²) in [4.78, 5) is 26.5. The molecule has 0 unspecified atom stereocenters. The molecule has 0 aliphatic carbocycles. The van der Waals surface area contributed by atoms with Crippen LogP contribution in [0.1, 0.15) is 16.1 Å². The van der Waals surface area contributed by atoms with E-state index in [4.69, 9.17) is 16.7 Å². The Kier molecular flexibility index (Phi) is 4.44. The average molecular weight is 359 g/mol. The maximum absolute atomic E-state index is 11.2. The second-order valence-corrected chi connectivity index (χ2v) is 5.49. The molecule has 0 saturated heterocycles. The van der Waals surface area contributed by atoms with Gasteiger partial charge in [-0.2, -0.15) is 0 Å². The van der Waals surface area contributed by atoms with Crippen LogP contribution in [0.5, 0.6) is 0 Å². The Hall–Kier alpha value is -3.26. The van der Waals surface area contributed by atoms with Crippen LogP contribution in [0.2, 0.25) is 5.02 Å². The predicted octanol–water partition coefficient (Wildman–Crippen LogP) is 3.73. The topological polar surface area (TPSA) is 117 Å². The molecule has 0 spiro atoms. The van der Waals surface area contributed by atoms with Gasteiger partial charge in [0.15, 0.2) is 5.82 Å². The zero-order chi connectivity index (χ0) is 18.0. The number of aliphatic carboxylic acids is 1. The average Bonchev–Trinajstić information content (AvgIpc) is 2.88. The molecule has 0 amide bonds. The van der Waals surface area contributed by atoms with Gasteiger partial charge in [0.1, 0.15) is 11.3 Å². The van der Waals surface area contributed by atoms with Gasteiger partial charge >= 0.3 is 11.9 Å². The second kappa shape index (κ2) is 6.70. The fraction of sp³-hybridized carbons (Fsp3) is 0.0625. The highest BCUT2D eigenvalue weighted by molar-refractivity contribution is 6.30. The Morgan fingerprint density at radius 2 is 1.88 bits per heavy atom. The summed E-state index contributed by atoms with van der Waals surface area (Å²) in [7, 11) is 0. The first kappa shape index (κ1) is 16.6. The Morgan fingerprint density at radius 1 is 1.12 bits per heavy atom. The minimum atomic E-state index is -1.14. The van der Waals surface area contributed by atoms with E-state index in [1.54, 1.807) is 24.3 Å². The number of carboxylic acids is 2. The van der Waals surface area contributed by atoms with Crippen molar-refractivity contribution in [3.8, 4) is 0 Å². The number of nitrogens with zero attached hydrogens (tertiary/aromatic N) is 4. The van der Waals surface area contributed by atoms with E-state index in [9.17, 15) is 14.7 Å². The molecular weight excluding hydrogens is 348 g/mol. The smallest absolute Gasteiger partial charge is 0.337 e. The van der Waals surface area contributed by atoms with Crippen molar-refractivity contribution in [1.82, 2.24) is 9.38 Å². The number of hydrogen-bond acceptors (Lipinski definition) is 5. The van der Waals surface area contributed by atoms with Gasteiger partial charge in [0.05, 0.1) is 22.7 Å². The summed E-state index contributed by atoms with van der Waals surface area (Å²) in [6.45, 7) is 0. The van der Waals surface area contributed by atoms with E-state index in [-0.39, 0.29) is 29.2 Å². The van der Waals surface area contributed by atoms with Crippen molar-refractivity contribution in [2.75, 3.05) is 0 Å². The number of rotatable bonds is 5. The lowest BCUT2D eigenvalue weighted by atomic mass is 10.2. The first-order valence-electron chi connectivity index (χ1n) is 7.08. The quantitative estimate of drug-likeness (QED) is 0.674. The van der Waals surface area contributed by atoms with Crippen LogP contribution in [0.25, 0.3) is 5.65 Å². The number of aromatic carboxylic acids is 1. The lowest BCUT2D eigenvalue weighted by Gasteiger charge is -2.00. The van der Waals surface area contributed by atoms with Crippen LogP contribution in [0.4, 0.5) is 11.5 Å². The van der Waals surface area contributed by atoms with Crippen molar-refractivity contribution in [2.24, 2.45) is 10.2 Å². The molecule has 0 atom stereocenters. The molecule has 25 heavy (non-hydrogen) atoms. The van der Waals surface area contributed by atoms with Gasteiger partial charge in [-0.05, 0) is 24.3 Å². The van der Waals surface area contributed by atoms with Crippen LogP contribution in [-0.2, 0) is 11.2 Å². The number of halogens is 1. The standard InChI is InChI=1S/C16H11ClN4O4/c17-9-5-6-13-18-12(7-14(22)23)15(21(13)8-9)20-19-11-4-2-1-3-10(11)16(24)25/h1-6,8H,7H2,(H,22,23)(H,24,25). The van der Waals surface area contributed by atoms with Crippen molar-refractivity contribution in [3.63, 3.8) is 0 Å². The Bertz CT molecular complexity index is 1010. The number of imidazole rings is 1. The number of carboxylic acid groups (broad SMARTS) is 2. The molecule has 8 nitrogen and oxygen atoms in total. The van der Waals surface area contributed by atoms with E-state index >= 15 is 0 Å². The molecule has 0 fully saturated rings. The van der Waals surface area contributed by atoms with Gasteiger partial charge in [0.25, 0.3) is 0 Å². The van der Waals surface area contributed by atoms with E-state index < -0.39 is 11.9 Å². The molecule has 3 aromatic rings. The molecule has 3 rings (SSSR count). The van der Waals surface area contributed by atoms with Gasteiger partial charge in [-0.15, -0.1) is 10.2 Å². The molecule has 2 heterocycles. The largest absolute Gasteiger partial charge is 0.481 e. The molecule has 2 aromatic heterocycles. The lowest BCUT2D eigenvalue weighted by molar-refractivity contribution is -0.136. The molecule has 0 bridgehead atoms. The van der Waals surface area contributed by atoms with Crippen molar-refractivity contribution in [1.29, 1.82) is 0 Å².